The van der Waals surface area contributed by atoms with Gasteiger partial charge in [-0.25, -0.2) is 4.98 Å². The second-order valence-corrected chi connectivity index (χ2v) is 5.08. The van der Waals surface area contributed by atoms with Crippen LogP contribution in [0.25, 0.3) is 0 Å². The number of unbranched alkanes of at least 4 members (excludes halogenated alkanes) is 1. The smallest absolute Gasteiger partial charge is 0.257 e. The van der Waals surface area contributed by atoms with Gasteiger partial charge in [0.25, 0.3) is 5.91 Å². The molecule has 0 saturated carbocycles. The highest BCUT2D eigenvalue weighted by molar-refractivity contribution is 9.10. The summed E-state index contributed by atoms with van der Waals surface area (Å²) in [6.45, 7) is 3.02. The Balaban J connectivity index is 2.97. The fraction of sp³-hybridized carbons (Fsp3) is 0.538. The molecule has 0 unspecified atom stereocenters. The molecule has 0 aromatic carbocycles. The molecule has 0 fully saturated rings. The number of nitrogens with zero attached hydrogens (tertiary/aromatic N) is 2. The topological polar surface area (TPSA) is 65.5 Å². The van der Waals surface area contributed by atoms with E-state index in [-0.39, 0.29) is 12.5 Å². The largest absolute Gasteiger partial charge is 0.395 e. The lowest BCUT2D eigenvalue weighted by Gasteiger charge is -2.22. The summed E-state index contributed by atoms with van der Waals surface area (Å²) in [5, 5.41) is 12.0. The zero-order chi connectivity index (χ0) is 14.3. The average Bonchev–Trinajstić information content (AvgIpc) is 2.42. The van der Waals surface area contributed by atoms with Crippen molar-refractivity contribution in [1.29, 1.82) is 0 Å². The minimum atomic E-state index is -0.111. The first-order chi connectivity index (χ1) is 9.13. The lowest BCUT2D eigenvalue weighted by atomic mass is 10.2. The second kappa shape index (κ2) is 8.12. The van der Waals surface area contributed by atoms with Crippen LogP contribution >= 0.6 is 15.9 Å². The molecule has 0 aliphatic carbocycles. The van der Waals surface area contributed by atoms with Gasteiger partial charge in [0.2, 0.25) is 0 Å². The van der Waals surface area contributed by atoms with E-state index in [9.17, 15) is 4.79 Å². The van der Waals surface area contributed by atoms with Crippen molar-refractivity contribution in [2.75, 3.05) is 32.1 Å². The van der Waals surface area contributed by atoms with E-state index >= 15 is 0 Å². The van der Waals surface area contributed by atoms with Gasteiger partial charge in [-0.1, -0.05) is 13.3 Å². The molecule has 0 atom stereocenters. The quantitative estimate of drug-likeness (QED) is 0.804. The molecule has 0 bridgehead atoms. The van der Waals surface area contributed by atoms with E-state index in [1.54, 1.807) is 24.2 Å². The highest BCUT2D eigenvalue weighted by Gasteiger charge is 2.19. The number of aliphatic hydroxyl groups excluding tert-OH is 1. The first-order valence-corrected chi connectivity index (χ1v) is 7.16. The number of rotatable bonds is 7. The fourth-order valence-corrected chi connectivity index (χ4v) is 2.09. The molecular weight excluding hydrogens is 310 g/mol. The molecule has 0 radical (unpaired) electrons. The van der Waals surface area contributed by atoms with Crippen molar-refractivity contribution in [3.05, 3.63) is 22.3 Å². The fourth-order valence-electron chi connectivity index (χ4n) is 1.76. The van der Waals surface area contributed by atoms with Gasteiger partial charge in [-0.2, -0.15) is 0 Å². The van der Waals surface area contributed by atoms with Gasteiger partial charge < -0.3 is 15.3 Å². The highest BCUT2D eigenvalue weighted by atomic mass is 79.9. The first-order valence-electron chi connectivity index (χ1n) is 6.37. The SMILES string of the molecule is CCCCN(CCO)C(=O)c1cc(Br)cnc1NC. The molecule has 1 rings (SSSR count). The Hall–Kier alpha value is -1.14. The normalized spacial score (nSPS) is 10.3. The maximum atomic E-state index is 12.5. The van der Waals surface area contributed by atoms with Crippen molar-refractivity contribution < 1.29 is 9.90 Å². The Morgan fingerprint density at radius 1 is 1.53 bits per heavy atom. The zero-order valence-electron chi connectivity index (χ0n) is 11.3. The third kappa shape index (κ3) is 4.47. The van der Waals surface area contributed by atoms with Crippen LogP contribution in [0.2, 0.25) is 0 Å². The van der Waals surface area contributed by atoms with Crippen molar-refractivity contribution in [3.63, 3.8) is 0 Å². The van der Waals surface area contributed by atoms with E-state index in [1.165, 1.54) is 0 Å². The van der Waals surface area contributed by atoms with Gasteiger partial charge in [0.1, 0.15) is 5.82 Å². The third-order valence-electron chi connectivity index (χ3n) is 2.76. The zero-order valence-corrected chi connectivity index (χ0v) is 12.9. The van der Waals surface area contributed by atoms with Gasteiger partial charge in [-0.05, 0) is 28.4 Å². The summed E-state index contributed by atoms with van der Waals surface area (Å²) in [6, 6.07) is 1.75. The number of hydrogen-bond acceptors (Lipinski definition) is 4. The number of carbonyl (C=O) groups is 1. The Kier molecular flexibility index (Phi) is 6.80. The highest BCUT2D eigenvalue weighted by Crippen LogP contribution is 2.19. The van der Waals surface area contributed by atoms with Crippen molar-refractivity contribution in [3.8, 4) is 0 Å². The lowest BCUT2D eigenvalue weighted by molar-refractivity contribution is 0.0720. The summed E-state index contributed by atoms with van der Waals surface area (Å²) in [4.78, 5) is 18.3. The monoisotopic (exact) mass is 329 g/mol. The third-order valence-corrected chi connectivity index (χ3v) is 3.19. The Morgan fingerprint density at radius 2 is 2.26 bits per heavy atom. The molecule has 1 amide bonds. The van der Waals surface area contributed by atoms with Crippen LogP contribution in [0.4, 0.5) is 5.82 Å². The molecule has 1 aromatic heterocycles. The van der Waals surface area contributed by atoms with Gasteiger partial charge in [0, 0.05) is 30.8 Å². The Bertz CT molecular complexity index is 426. The number of carbonyl (C=O) groups excluding carboxylic acids is 1. The summed E-state index contributed by atoms with van der Waals surface area (Å²) < 4.78 is 0.759. The minimum absolute atomic E-state index is 0.0359. The van der Waals surface area contributed by atoms with Crippen LogP contribution in [0.5, 0.6) is 0 Å². The van der Waals surface area contributed by atoms with Crippen molar-refractivity contribution in [2.45, 2.75) is 19.8 Å². The van der Waals surface area contributed by atoms with Gasteiger partial charge in [-0.3, -0.25) is 4.79 Å². The number of anilines is 1. The van der Waals surface area contributed by atoms with E-state index in [0.29, 0.717) is 24.5 Å². The summed E-state index contributed by atoms with van der Waals surface area (Å²) in [5.41, 5.74) is 0.515. The van der Waals surface area contributed by atoms with Crippen LogP contribution in [0.15, 0.2) is 16.7 Å². The van der Waals surface area contributed by atoms with Crippen LogP contribution in [0.3, 0.4) is 0 Å². The van der Waals surface area contributed by atoms with Crippen molar-refractivity contribution in [2.24, 2.45) is 0 Å². The number of aromatic nitrogens is 1. The maximum absolute atomic E-state index is 12.5. The Labute approximate surface area is 122 Å². The van der Waals surface area contributed by atoms with E-state index < -0.39 is 0 Å². The molecule has 19 heavy (non-hydrogen) atoms. The maximum Gasteiger partial charge on any atom is 0.257 e. The van der Waals surface area contributed by atoms with Crippen LogP contribution in [0.1, 0.15) is 30.1 Å². The number of hydrogen-bond donors (Lipinski definition) is 2. The number of aliphatic hydroxyl groups is 1. The van der Waals surface area contributed by atoms with E-state index in [1.807, 2.05) is 0 Å². The number of amides is 1. The molecule has 106 valence electrons. The second-order valence-electron chi connectivity index (χ2n) is 4.17. The summed E-state index contributed by atoms with van der Waals surface area (Å²) in [5.74, 6) is 0.438. The van der Waals surface area contributed by atoms with Gasteiger partial charge in [-0.15, -0.1) is 0 Å². The molecule has 2 N–H and O–H groups in total. The lowest BCUT2D eigenvalue weighted by Crippen LogP contribution is -2.35. The van der Waals surface area contributed by atoms with Gasteiger partial charge in [0.15, 0.2) is 0 Å². The first kappa shape index (κ1) is 15.9. The Morgan fingerprint density at radius 3 is 2.84 bits per heavy atom. The molecule has 6 heteroatoms. The minimum Gasteiger partial charge on any atom is -0.395 e. The number of halogens is 1. The number of pyridine rings is 1. The predicted molar refractivity (Wildman–Crippen MR) is 79.4 cm³/mol. The number of nitrogens with one attached hydrogen (secondary N) is 1. The van der Waals surface area contributed by atoms with Gasteiger partial charge >= 0.3 is 0 Å². The molecule has 0 spiro atoms. The van der Waals surface area contributed by atoms with E-state index in [0.717, 1.165) is 17.3 Å². The summed E-state index contributed by atoms with van der Waals surface area (Å²) in [7, 11) is 1.73. The molecule has 0 aliphatic heterocycles. The van der Waals surface area contributed by atoms with Gasteiger partial charge in [0.05, 0.1) is 12.2 Å². The van der Waals surface area contributed by atoms with E-state index in [4.69, 9.17) is 5.11 Å². The van der Waals surface area contributed by atoms with Crippen LogP contribution in [0, 0.1) is 0 Å². The van der Waals surface area contributed by atoms with Crippen LogP contribution in [-0.4, -0.2) is 47.6 Å². The van der Waals surface area contributed by atoms with Crippen LogP contribution < -0.4 is 5.32 Å². The summed E-state index contributed by atoms with van der Waals surface area (Å²) >= 11 is 3.32. The molecule has 5 nitrogen and oxygen atoms in total. The summed E-state index contributed by atoms with van der Waals surface area (Å²) in [6.07, 6.45) is 3.57. The van der Waals surface area contributed by atoms with Crippen molar-refractivity contribution >= 4 is 27.7 Å². The molecule has 0 aliphatic rings. The molecule has 0 saturated heterocycles. The molecule has 1 heterocycles. The predicted octanol–water partition coefficient (Wildman–Crippen LogP) is 2.12. The van der Waals surface area contributed by atoms with Crippen molar-refractivity contribution in [1.82, 2.24) is 9.88 Å². The standard InChI is InChI=1S/C13H20BrN3O2/c1-3-4-5-17(6-7-18)13(19)11-8-10(14)9-16-12(11)15-2/h8-9,18H,3-7H2,1-2H3,(H,15,16). The van der Waals surface area contributed by atoms with Crippen LogP contribution in [-0.2, 0) is 0 Å². The van der Waals surface area contributed by atoms with E-state index in [2.05, 4.69) is 33.2 Å². The molecule has 1 aromatic rings. The average molecular weight is 330 g/mol. The molecular formula is C13H20BrN3O2.